The Bertz CT molecular complexity index is 1090. The molecule has 0 bridgehead atoms. The number of anilines is 1. The molecule has 34 heavy (non-hydrogen) atoms. The minimum atomic E-state index is -0.832. The molecule has 0 N–H and O–H groups in total. The summed E-state index contributed by atoms with van der Waals surface area (Å²) in [7, 11) is 3.20. The van der Waals surface area contributed by atoms with Gasteiger partial charge in [-0.1, -0.05) is 47.1 Å². The average Bonchev–Trinajstić information content (AvgIpc) is 2.82. The number of amides is 2. The number of esters is 1. The maximum absolute atomic E-state index is 14.8. The minimum Gasteiger partial charge on any atom is -0.456 e. The van der Waals surface area contributed by atoms with Crippen molar-refractivity contribution in [3.63, 3.8) is 0 Å². The molecule has 2 atom stereocenters. The number of hydrogen-bond donors (Lipinski definition) is 2. The maximum atomic E-state index is 14.8. The molecular weight excluding hydrogens is 503 g/mol. The summed E-state index contributed by atoms with van der Waals surface area (Å²) in [6.07, 6.45) is 0. The first-order chi connectivity index (χ1) is 16.1. The van der Waals surface area contributed by atoms with Gasteiger partial charge >= 0.3 is 12.0 Å². The summed E-state index contributed by atoms with van der Waals surface area (Å²) < 4.78 is 20.1. The Morgan fingerprint density at radius 1 is 1.18 bits per heavy atom. The zero-order valence-electron chi connectivity index (χ0n) is 18.7. The summed E-state index contributed by atoms with van der Waals surface area (Å²) in [5.74, 6) is -1.60. The lowest BCUT2D eigenvalue weighted by molar-refractivity contribution is 0.0555. The van der Waals surface area contributed by atoms with Crippen LogP contribution in [-0.2, 0) is 16.2 Å². The lowest BCUT2D eigenvalue weighted by Gasteiger charge is -2.47. The van der Waals surface area contributed by atoms with Gasteiger partial charge in [-0.25, -0.2) is 18.9 Å². The van der Waals surface area contributed by atoms with Gasteiger partial charge in [-0.3, -0.25) is 4.90 Å². The zero-order chi connectivity index (χ0) is 25.0. The first-order valence-corrected chi connectivity index (χ1v) is 11.5. The molecule has 2 aromatic carbocycles. The van der Waals surface area contributed by atoms with Crippen LogP contribution in [0.25, 0.3) is 0 Å². The number of carbonyl (C=O) groups is 2. The van der Waals surface area contributed by atoms with Crippen molar-refractivity contribution in [1.82, 2.24) is 9.80 Å². The minimum absolute atomic E-state index is 0.109. The fourth-order valence-electron chi connectivity index (χ4n) is 3.11. The van der Waals surface area contributed by atoms with Crippen LogP contribution in [0.15, 0.2) is 47.6 Å². The van der Waals surface area contributed by atoms with Crippen molar-refractivity contribution in [2.45, 2.75) is 24.5 Å². The highest BCUT2D eigenvalue weighted by atomic mass is 35.5. The number of thiol groups is 2. The second-order valence-corrected chi connectivity index (χ2v) is 8.90. The Morgan fingerprint density at radius 2 is 1.85 bits per heavy atom. The number of ether oxygens (including phenoxy) is 1. The van der Waals surface area contributed by atoms with Crippen molar-refractivity contribution < 1.29 is 23.6 Å². The van der Waals surface area contributed by atoms with Crippen LogP contribution in [0, 0.1) is 5.82 Å². The molecule has 1 aliphatic rings. The zero-order valence-corrected chi connectivity index (χ0v) is 21.2. The van der Waals surface area contributed by atoms with Crippen LogP contribution in [0.1, 0.15) is 22.8 Å². The maximum Gasteiger partial charge on any atom is 0.340 e. The average molecular weight is 527 g/mol. The van der Waals surface area contributed by atoms with Crippen LogP contribution in [0.4, 0.5) is 14.9 Å². The van der Waals surface area contributed by atoms with Crippen molar-refractivity contribution in [2.24, 2.45) is 5.16 Å². The SMILES string of the molecule is CC(COC(=O)c1cc(N2C(=O)N(C)C(S)N(C)C2S)c(F)cc1Cl)=NOCc1ccccc1. The summed E-state index contributed by atoms with van der Waals surface area (Å²) in [5.41, 5.74) is -0.316. The summed E-state index contributed by atoms with van der Waals surface area (Å²) in [5, 5.41) is 3.76. The van der Waals surface area contributed by atoms with E-state index in [0.717, 1.165) is 16.5 Å². The van der Waals surface area contributed by atoms with Gasteiger partial charge in [0.1, 0.15) is 30.0 Å². The Hall–Kier alpha value is -2.47. The molecule has 1 aliphatic heterocycles. The van der Waals surface area contributed by atoms with Gasteiger partial charge < -0.3 is 14.5 Å². The number of benzene rings is 2. The third-order valence-corrected chi connectivity index (χ3v) is 6.65. The predicted octanol–water partition coefficient (Wildman–Crippen LogP) is 4.46. The Balaban J connectivity index is 1.72. The second kappa shape index (κ2) is 11.3. The largest absolute Gasteiger partial charge is 0.456 e. The molecule has 8 nitrogen and oxygen atoms in total. The molecule has 1 heterocycles. The fraction of sp³-hybridized carbons (Fsp3) is 0.318. The third kappa shape index (κ3) is 5.77. The van der Waals surface area contributed by atoms with E-state index in [2.05, 4.69) is 30.4 Å². The Labute approximate surface area is 213 Å². The van der Waals surface area contributed by atoms with Gasteiger partial charge in [0.25, 0.3) is 0 Å². The molecule has 0 radical (unpaired) electrons. The van der Waals surface area contributed by atoms with Crippen LogP contribution >= 0.6 is 36.9 Å². The van der Waals surface area contributed by atoms with E-state index in [1.54, 1.807) is 18.9 Å². The number of carbonyl (C=O) groups excluding carboxylic acids is 2. The van der Waals surface area contributed by atoms with Crippen molar-refractivity contribution in [2.75, 3.05) is 25.6 Å². The van der Waals surface area contributed by atoms with Crippen molar-refractivity contribution >= 4 is 60.3 Å². The fourth-order valence-corrected chi connectivity index (χ4v) is 4.02. The lowest BCUT2D eigenvalue weighted by Crippen LogP contribution is -2.63. The summed E-state index contributed by atoms with van der Waals surface area (Å²) in [6.45, 7) is 1.73. The van der Waals surface area contributed by atoms with E-state index < -0.39 is 28.8 Å². The normalized spacial score (nSPS) is 19.4. The number of halogens is 2. The topological polar surface area (TPSA) is 74.7 Å². The highest BCUT2D eigenvalue weighted by molar-refractivity contribution is 7.81. The monoisotopic (exact) mass is 526 g/mol. The predicted molar refractivity (Wildman–Crippen MR) is 135 cm³/mol. The smallest absolute Gasteiger partial charge is 0.340 e. The lowest BCUT2D eigenvalue weighted by atomic mass is 10.1. The first-order valence-electron chi connectivity index (χ1n) is 10.1. The molecule has 12 heteroatoms. The van der Waals surface area contributed by atoms with E-state index in [1.807, 2.05) is 30.3 Å². The molecule has 1 fully saturated rings. The van der Waals surface area contributed by atoms with Gasteiger partial charge in [0.05, 0.1) is 22.0 Å². The van der Waals surface area contributed by atoms with Crippen molar-refractivity contribution in [3.8, 4) is 0 Å². The Morgan fingerprint density at radius 3 is 2.53 bits per heavy atom. The molecule has 3 rings (SSSR count). The van der Waals surface area contributed by atoms with Gasteiger partial charge in [0.2, 0.25) is 0 Å². The molecule has 0 saturated carbocycles. The van der Waals surface area contributed by atoms with Gasteiger partial charge in [0.15, 0.2) is 0 Å². The van der Waals surface area contributed by atoms with Crippen LogP contribution in [0.2, 0.25) is 5.02 Å². The van der Waals surface area contributed by atoms with Gasteiger partial charge in [-0.15, -0.1) is 25.3 Å². The van der Waals surface area contributed by atoms with Crippen LogP contribution in [0.3, 0.4) is 0 Å². The highest BCUT2D eigenvalue weighted by Crippen LogP contribution is 2.34. The number of urea groups is 1. The van der Waals surface area contributed by atoms with E-state index in [1.165, 1.54) is 18.0 Å². The molecule has 182 valence electrons. The number of hydrogen-bond acceptors (Lipinski definition) is 8. The molecule has 2 unspecified atom stereocenters. The van der Waals surface area contributed by atoms with Gasteiger partial charge in [-0.05, 0) is 31.7 Å². The van der Waals surface area contributed by atoms with Crippen LogP contribution in [-0.4, -0.2) is 59.2 Å². The molecular formula is C22H24ClFN4O4S2. The molecule has 0 aliphatic carbocycles. The highest BCUT2D eigenvalue weighted by Gasteiger charge is 2.40. The molecule has 2 aromatic rings. The van der Waals surface area contributed by atoms with E-state index in [-0.39, 0.29) is 29.5 Å². The third-order valence-electron chi connectivity index (χ3n) is 5.04. The Kier molecular flexibility index (Phi) is 8.69. The van der Waals surface area contributed by atoms with Gasteiger partial charge in [0, 0.05) is 7.05 Å². The second-order valence-electron chi connectivity index (χ2n) is 7.57. The molecule has 2 amide bonds. The van der Waals surface area contributed by atoms with E-state index in [4.69, 9.17) is 21.2 Å². The number of oxime groups is 1. The van der Waals surface area contributed by atoms with E-state index in [0.29, 0.717) is 5.71 Å². The summed E-state index contributed by atoms with van der Waals surface area (Å²) in [6, 6.07) is 11.0. The van der Waals surface area contributed by atoms with Crippen LogP contribution in [0.5, 0.6) is 0 Å². The summed E-state index contributed by atoms with van der Waals surface area (Å²) >= 11 is 14.9. The van der Waals surface area contributed by atoms with Gasteiger partial charge in [-0.2, -0.15) is 0 Å². The van der Waals surface area contributed by atoms with Crippen molar-refractivity contribution in [3.05, 3.63) is 64.4 Å². The number of nitrogens with zero attached hydrogens (tertiary/aromatic N) is 4. The van der Waals surface area contributed by atoms with Crippen molar-refractivity contribution in [1.29, 1.82) is 0 Å². The van der Waals surface area contributed by atoms with E-state index in [9.17, 15) is 14.0 Å². The number of rotatable bonds is 7. The summed E-state index contributed by atoms with van der Waals surface area (Å²) in [4.78, 5) is 34.8. The first kappa shape index (κ1) is 26.1. The molecule has 1 saturated heterocycles. The molecule has 0 spiro atoms. The standard InChI is InChI=1S/C22H24ClFN4O4S2/c1-13(25-32-12-14-7-5-4-6-8-14)11-31-19(29)15-9-18(17(24)10-16(15)23)28-20(30)26(2)21(33)27(3)22(28)34/h4-10,21-22,33-34H,11-12H2,1-3H3. The quantitative estimate of drug-likeness (QED) is 0.241. The van der Waals surface area contributed by atoms with E-state index >= 15 is 0 Å². The van der Waals surface area contributed by atoms with Crippen LogP contribution < -0.4 is 4.90 Å². The molecule has 0 aromatic heterocycles.